The van der Waals surface area contributed by atoms with Crippen molar-refractivity contribution < 1.29 is 28.7 Å². The van der Waals surface area contributed by atoms with E-state index in [4.69, 9.17) is 10.5 Å². The van der Waals surface area contributed by atoms with Crippen LogP contribution in [0.3, 0.4) is 0 Å². The van der Waals surface area contributed by atoms with Gasteiger partial charge in [0.05, 0.1) is 6.54 Å². The number of nitrogens with one attached hydrogen (secondary N) is 2. The average molecular weight is 304 g/mol. The number of rotatable bonds is 9. The number of carbonyl (C=O) groups excluding carboxylic acids is 4. The van der Waals surface area contributed by atoms with Crippen LogP contribution in [0.25, 0.3) is 0 Å². The molecule has 0 fully saturated rings. The Bertz CT molecular complexity index is 387. The van der Waals surface area contributed by atoms with Crippen LogP contribution in [0.1, 0.15) is 6.92 Å². The Morgan fingerprint density at radius 3 is 2.33 bits per heavy atom. The lowest BCUT2D eigenvalue weighted by Crippen LogP contribution is -2.53. The number of ether oxygens (including phenoxy) is 2. The van der Waals surface area contributed by atoms with Crippen molar-refractivity contribution in [3.05, 3.63) is 0 Å². The van der Waals surface area contributed by atoms with Crippen molar-refractivity contribution in [1.29, 1.82) is 0 Å². The van der Waals surface area contributed by atoms with Gasteiger partial charge in [-0.1, -0.05) is 0 Å². The van der Waals surface area contributed by atoms with E-state index in [9.17, 15) is 19.2 Å². The quantitative estimate of drug-likeness (QED) is 0.391. The summed E-state index contributed by atoms with van der Waals surface area (Å²) in [6.45, 7) is 0.727. The summed E-state index contributed by atoms with van der Waals surface area (Å²) in [6.07, 6.45) is 0. The van der Waals surface area contributed by atoms with E-state index in [1.54, 1.807) is 6.92 Å². The van der Waals surface area contributed by atoms with Gasteiger partial charge in [0.1, 0.15) is 19.8 Å². The highest BCUT2D eigenvalue weighted by atomic mass is 16.5. The minimum atomic E-state index is -0.805. The van der Waals surface area contributed by atoms with Crippen molar-refractivity contribution in [2.24, 2.45) is 5.73 Å². The van der Waals surface area contributed by atoms with Gasteiger partial charge in [-0.15, -0.1) is 0 Å². The molecule has 0 saturated carbocycles. The maximum atomic E-state index is 11.6. The predicted octanol–water partition coefficient (Wildman–Crippen LogP) is -2.87. The Morgan fingerprint density at radius 2 is 1.81 bits per heavy atom. The second kappa shape index (κ2) is 10.6. The van der Waals surface area contributed by atoms with Gasteiger partial charge in [0.25, 0.3) is 11.8 Å². The number of nitrogens with zero attached hydrogens (tertiary/aromatic N) is 1. The summed E-state index contributed by atoms with van der Waals surface area (Å²) in [7, 11) is 1.29. The van der Waals surface area contributed by atoms with E-state index < -0.39 is 30.2 Å². The number of hydrazine groups is 1. The van der Waals surface area contributed by atoms with E-state index in [0.29, 0.717) is 6.61 Å². The minimum Gasteiger partial charge on any atom is -0.375 e. The molecule has 0 unspecified atom stereocenters. The number of nitrogens with two attached hydrogens (primary N) is 1. The number of methoxy groups -OCH3 is 1. The van der Waals surface area contributed by atoms with Crippen LogP contribution in [-0.4, -0.2) is 68.7 Å². The van der Waals surface area contributed by atoms with Crippen molar-refractivity contribution in [3.63, 3.8) is 0 Å². The SMILES string of the molecule is CCOCC(=O)NCC(=O)NN(CC(N)=O)C(=O)COC. The topological polar surface area (TPSA) is 140 Å². The van der Waals surface area contributed by atoms with Gasteiger partial charge in [0.2, 0.25) is 11.8 Å². The van der Waals surface area contributed by atoms with E-state index in [-0.39, 0.29) is 19.8 Å². The maximum Gasteiger partial charge on any atom is 0.267 e. The molecule has 120 valence electrons. The van der Waals surface area contributed by atoms with Gasteiger partial charge < -0.3 is 20.5 Å². The zero-order valence-electron chi connectivity index (χ0n) is 12.0. The minimum absolute atomic E-state index is 0.169. The van der Waals surface area contributed by atoms with Crippen LogP contribution in [-0.2, 0) is 28.7 Å². The smallest absolute Gasteiger partial charge is 0.267 e. The Morgan fingerprint density at radius 1 is 1.14 bits per heavy atom. The second-order valence-electron chi connectivity index (χ2n) is 3.83. The lowest BCUT2D eigenvalue weighted by molar-refractivity contribution is -0.146. The van der Waals surface area contributed by atoms with E-state index in [0.717, 1.165) is 5.01 Å². The third-order valence-electron chi connectivity index (χ3n) is 2.03. The van der Waals surface area contributed by atoms with Crippen LogP contribution in [0.2, 0.25) is 0 Å². The van der Waals surface area contributed by atoms with E-state index in [2.05, 4.69) is 15.5 Å². The maximum absolute atomic E-state index is 11.6. The molecule has 21 heavy (non-hydrogen) atoms. The van der Waals surface area contributed by atoms with Crippen LogP contribution in [0.5, 0.6) is 0 Å². The van der Waals surface area contributed by atoms with Crippen LogP contribution < -0.4 is 16.5 Å². The van der Waals surface area contributed by atoms with Crippen LogP contribution >= 0.6 is 0 Å². The van der Waals surface area contributed by atoms with Gasteiger partial charge in [-0.2, -0.15) is 0 Å². The molecule has 0 aliphatic rings. The molecule has 0 aliphatic carbocycles. The highest BCUT2D eigenvalue weighted by Crippen LogP contribution is 1.86. The Hall–Kier alpha value is -2.20. The van der Waals surface area contributed by atoms with Gasteiger partial charge in [-0.05, 0) is 6.92 Å². The number of hydrogen-bond acceptors (Lipinski definition) is 6. The summed E-state index contributed by atoms with van der Waals surface area (Å²) < 4.78 is 9.45. The fourth-order valence-electron chi connectivity index (χ4n) is 1.16. The Balaban J connectivity index is 4.29. The van der Waals surface area contributed by atoms with Crippen molar-refractivity contribution in [2.75, 3.05) is 40.0 Å². The molecule has 10 nitrogen and oxygen atoms in total. The molecule has 10 heteroatoms. The first-order valence-electron chi connectivity index (χ1n) is 6.12. The number of carbonyl (C=O) groups is 4. The van der Waals surface area contributed by atoms with Gasteiger partial charge in [0, 0.05) is 13.7 Å². The highest BCUT2D eigenvalue weighted by Gasteiger charge is 2.18. The first kappa shape index (κ1) is 18.8. The fraction of sp³-hybridized carbons (Fsp3) is 0.636. The molecular weight excluding hydrogens is 284 g/mol. The summed E-state index contributed by atoms with van der Waals surface area (Å²) in [5.74, 6) is -2.62. The van der Waals surface area contributed by atoms with Crippen molar-refractivity contribution in [3.8, 4) is 0 Å². The van der Waals surface area contributed by atoms with Crippen molar-refractivity contribution in [1.82, 2.24) is 15.8 Å². The first-order valence-corrected chi connectivity index (χ1v) is 6.12. The zero-order chi connectivity index (χ0) is 16.3. The van der Waals surface area contributed by atoms with Gasteiger partial charge in [-0.25, -0.2) is 5.01 Å². The summed E-state index contributed by atoms with van der Waals surface area (Å²) in [4.78, 5) is 45.2. The number of primary amides is 1. The summed E-state index contributed by atoms with van der Waals surface area (Å²) in [6, 6.07) is 0. The molecule has 4 N–H and O–H groups in total. The van der Waals surface area contributed by atoms with Crippen molar-refractivity contribution in [2.45, 2.75) is 6.92 Å². The van der Waals surface area contributed by atoms with E-state index >= 15 is 0 Å². The molecular formula is C11H20N4O6. The Labute approximate surface area is 121 Å². The molecule has 0 bridgehead atoms. The molecule has 0 aromatic heterocycles. The van der Waals surface area contributed by atoms with Crippen molar-refractivity contribution >= 4 is 23.6 Å². The number of hydrogen-bond donors (Lipinski definition) is 3. The molecule has 0 aliphatic heterocycles. The summed E-state index contributed by atoms with van der Waals surface area (Å²) >= 11 is 0. The van der Waals surface area contributed by atoms with Crippen LogP contribution in [0, 0.1) is 0 Å². The molecule has 4 amide bonds. The highest BCUT2D eigenvalue weighted by molar-refractivity contribution is 5.89. The van der Waals surface area contributed by atoms with Gasteiger partial charge >= 0.3 is 0 Å². The fourth-order valence-corrected chi connectivity index (χ4v) is 1.16. The molecule has 0 saturated heterocycles. The largest absolute Gasteiger partial charge is 0.375 e. The molecule has 0 atom stereocenters. The predicted molar refractivity (Wildman–Crippen MR) is 70.4 cm³/mol. The van der Waals surface area contributed by atoms with Crippen LogP contribution in [0.15, 0.2) is 0 Å². The van der Waals surface area contributed by atoms with Crippen LogP contribution in [0.4, 0.5) is 0 Å². The van der Waals surface area contributed by atoms with E-state index in [1.807, 2.05) is 0 Å². The van der Waals surface area contributed by atoms with E-state index in [1.165, 1.54) is 7.11 Å². The van der Waals surface area contributed by atoms with Gasteiger partial charge in [0.15, 0.2) is 0 Å². The molecule has 0 aromatic carbocycles. The Kier molecular flexibility index (Phi) is 9.46. The van der Waals surface area contributed by atoms with Gasteiger partial charge in [-0.3, -0.25) is 24.6 Å². The first-order chi connectivity index (χ1) is 9.90. The molecule has 0 spiro atoms. The number of amides is 4. The standard InChI is InChI=1S/C11H20N4O6/c1-3-21-6-10(18)13-4-9(17)14-15(5-8(12)16)11(19)7-20-2/h3-7H2,1-2H3,(H2,12,16)(H,13,18)(H,14,17). The third-order valence-corrected chi connectivity index (χ3v) is 2.03. The average Bonchev–Trinajstić information content (AvgIpc) is 2.41. The summed E-state index contributed by atoms with van der Waals surface area (Å²) in [5.41, 5.74) is 7.12. The molecule has 0 aromatic rings. The molecule has 0 radical (unpaired) electrons. The normalized spacial score (nSPS) is 9.81. The third kappa shape index (κ3) is 9.35. The zero-order valence-corrected chi connectivity index (χ0v) is 12.0. The molecule has 0 rings (SSSR count). The second-order valence-corrected chi connectivity index (χ2v) is 3.83. The lowest BCUT2D eigenvalue weighted by atomic mass is 10.5. The monoisotopic (exact) mass is 304 g/mol. The molecule has 0 heterocycles. The lowest BCUT2D eigenvalue weighted by Gasteiger charge is -2.21. The summed E-state index contributed by atoms with van der Waals surface area (Å²) in [5, 5.41) is 3.01.